The number of benzene rings is 1. The lowest BCUT2D eigenvalue weighted by atomic mass is 10.2. The quantitative estimate of drug-likeness (QED) is 0.671. The molecule has 24 heavy (non-hydrogen) atoms. The molecule has 1 aromatic rings. The third-order valence-corrected chi connectivity index (χ3v) is 3.54. The number of carbonyl (C=O) groups is 3. The Morgan fingerprint density at radius 1 is 1.25 bits per heavy atom. The van der Waals surface area contributed by atoms with Gasteiger partial charge in [0.2, 0.25) is 5.91 Å². The first-order valence-corrected chi connectivity index (χ1v) is 8.16. The molecule has 132 valence electrons. The van der Waals surface area contributed by atoms with Crippen LogP contribution in [0.3, 0.4) is 0 Å². The van der Waals surface area contributed by atoms with E-state index in [1.807, 2.05) is 19.1 Å². The van der Waals surface area contributed by atoms with E-state index in [-0.39, 0.29) is 19.1 Å². The molecule has 0 aromatic heterocycles. The maximum Gasteiger partial charge on any atom is 0.332 e. The zero-order valence-electron chi connectivity index (χ0n) is 13.9. The maximum atomic E-state index is 12.0. The van der Waals surface area contributed by atoms with Gasteiger partial charge in [-0.25, -0.2) is 4.79 Å². The minimum Gasteiger partial charge on any atom is -0.454 e. The highest BCUT2D eigenvalue weighted by atomic mass is 79.9. The Kier molecular flexibility index (Phi) is 8.42. The number of likely N-dealkylation sites (N-methyl/N-ethyl adjacent to an activating group) is 1. The number of halogens is 1. The summed E-state index contributed by atoms with van der Waals surface area (Å²) >= 11 is 3.35. The molecule has 7 nitrogen and oxygen atoms in total. The van der Waals surface area contributed by atoms with Crippen LogP contribution in [0.2, 0.25) is 0 Å². The van der Waals surface area contributed by atoms with Crippen molar-refractivity contribution in [3.05, 3.63) is 28.2 Å². The Bertz CT molecular complexity index is 606. The van der Waals surface area contributed by atoms with Crippen LogP contribution in [0.4, 0.5) is 5.69 Å². The van der Waals surface area contributed by atoms with Crippen molar-refractivity contribution in [1.82, 2.24) is 4.90 Å². The van der Waals surface area contributed by atoms with E-state index in [0.29, 0.717) is 12.3 Å². The number of amides is 2. The van der Waals surface area contributed by atoms with Crippen LogP contribution in [0.25, 0.3) is 0 Å². The van der Waals surface area contributed by atoms with Gasteiger partial charge < -0.3 is 19.7 Å². The minimum absolute atomic E-state index is 0.142. The van der Waals surface area contributed by atoms with Crippen LogP contribution in [0.15, 0.2) is 22.7 Å². The van der Waals surface area contributed by atoms with E-state index in [2.05, 4.69) is 21.2 Å². The Labute approximate surface area is 149 Å². The van der Waals surface area contributed by atoms with Gasteiger partial charge in [-0.1, -0.05) is 15.9 Å². The molecule has 0 saturated heterocycles. The van der Waals surface area contributed by atoms with Gasteiger partial charge in [0, 0.05) is 23.8 Å². The van der Waals surface area contributed by atoms with Gasteiger partial charge in [0.25, 0.3) is 5.91 Å². The zero-order valence-corrected chi connectivity index (χ0v) is 15.5. The van der Waals surface area contributed by atoms with Crippen molar-refractivity contribution < 1.29 is 23.9 Å². The third kappa shape index (κ3) is 7.10. The predicted molar refractivity (Wildman–Crippen MR) is 92.6 cm³/mol. The molecule has 0 aliphatic heterocycles. The van der Waals surface area contributed by atoms with Gasteiger partial charge in [-0.15, -0.1) is 0 Å². The lowest BCUT2D eigenvalue weighted by Crippen LogP contribution is -2.37. The average Bonchev–Trinajstić information content (AvgIpc) is 2.53. The summed E-state index contributed by atoms with van der Waals surface area (Å²) in [7, 11) is 1.47. The summed E-state index contributed by atoms with van der Waals surface area (Å²) in [6.45, 7) is 3.24. The smallest absolute Gasteiger partial charge is 0.332 e. The molecule has 0 unspecified atom stereocenters. The van der Waals surface area contributed by atoms with Crippen LogP contribution in [0, 0.1) is 6.92 Å². The second-order valence-corrected chi connectivity index (χ2v) is 5.97. The molecule has 0 radical (unpaired) electrons. The monoisotopic (exact) mass is 400 g/mol. The van der Waals surface area contributed by atoms with Crippen LogP contribution >= 0.6 is 15.9 Å². The maximum absolute atomic E-state index is 12.0. The normalized spacial score (nSPS) is 10.2. The highest BCUT2D eigenvalue weighted by Crippen LogP contribution is 2.19. The minimum atomic E-state index is -0.617. The summed E-state index contributed by atoms with van der Waals surface area (Å²) in [5.41, 5.74) is 1.57. The molecule has 2 amide bonds. The Morgan fingerprint density at radius 3 is 2.58 bits per heavy atom. The molecular formula is C16H21BrN2O5. The molecule has 0 spiro atoms. The largest absolute Gasteiger partial charge is 0.454 e. The van der Waals surface area contributed by atoms with E-state index in [9.17, 15) is 14.4 Å². The average molecular weight is 401 g/mol. The van der Waals surface area contributed by atoms with Crippen molar-refractivity contribution in [3.8, 4) is 0 Å². The molecule has 0 aliphatic carbocycles. The van der Waals surface area contributed by atoms with Gasteiger partial charge in [-0.2, -0.15) is 0 Å². The van der Waals surface area contributed by atoms with Crippen LogP contribution < -0.4 is 5.32 Å². The first-order chi connectivity index (χ1) is 11.3. The first kappa shape index (κ1) is 20.1. The number of esters is 1. The van der Waals surface area contributed by atoms with E-state index in [0.717, 1.165) is 10.0 Å². The highest BCUT2D eigenvalue weighted by molar-refractivity contribution is 9.10. The van der Waals surface area contributed by atoms with Gasteiger partial charge in [0.1, 0.15) is 6.61 Å². The van der Waals surface area contributed by atoms with Gasteiger partial charge in [0.15, 0.2) is 6.61 Å². The van der Waals surface area contributed by atoms with Gasteiger partial charge in [0.05, 0.1) is 6.54 Å². The van der Waals surface area contributed by atoms with Crippen molar-refractivity contribution >= 4 is 39.4 Å². The van der Waals surface area contributed by atoms with Gasteiger partial charge in [-0.3, -0.25) is 9.59 Å². The number of ether oxygens (including phenoxy) is 2. The standard InChI is InChI=1S/C16H21BrN2O5/c1-4-23-10-16(22)24-9-15(21)19(3)8-14(20)18-13-6-5-12(17)7-11(13)2/h5-7H,4,8-10H2,1-3H3,(H,18,20). The Morgan fingerprint density at radius 2 is 1.96 bits per heavy atom. The van der Waals surface area contributed by atoms with E-state index < -0.39 is 18.5 Å². The number of rotatable bonds is 8. The van der Waals surface area contributed by atoms with E-state index in [1.54, 1.807) is 13.0 Å². The lowest BCUT2D eigenvalue weighted by Gasteiger charge is -2.17. The van der Waals surface area contributed by atoms with Crippen molar-refractivity contribution in [2.45, 2.75) is 13.8 Å². The number of aryl methyl sites for hydroxylation is 1. The molecule has 8 heteroatoms. The summed E-state index contributed by atoms with van der Waals surface area (Å²) in [6, 6.07) is 5.46. The fourth-order valence-electron chi connectivity index (χ4n) is 1.74. The van der Waals surface area contributed by atoms with Crippen LogP contribution in [0.1, 0.15) is 12.5 Å². The number of carbonyl (C=O) groups excluding carboxylic acids is 3. The Hall–Kier alpha value is -1.93. The summed E-state index contributed by atoms with van der Waals surface area (Å²) in [6.07, 6.45) is 0. The number of hydrogen-bond acceptors (Lipinski definition) is 5. The number of anilines is 1. The summed E-state index contributed by atoms with van der Waals surface area (Å²) < 4.78 is 10.6. The fraction of sp³-hybridized carbons (Fsp3) is 0.438. The van der Waals surface area contributed by atoms with Crippen molar-refractivity contribution in [1.29, 1.82) is 0 Å². The van der Waals surface area contributed by atoms with Crippen molar-refractivity contribution in [2.75, 3.05) is 38.7 Å². The zero-order chi connectivity index (χ0) is 18.1. The topological polar surface area (TPSA) is 84.9 Å². The molecule has 0 heterocycles. The summed E-state index contributed by atoms with van der Waals surface area (Å²) in [5, 5.41) is 2.73. The van der Waals surface area contributed by atoms with Crippen LogP contribution in [-0.4, -0.2) is 56.1 Å². The predicted octanol–water partition coefficient (Wildman–Crippen LogP) is 1.73. The van der Waals surface area contributed by atoms with Crippen molar-refractivity contribution in [3.63, 3.8) is 0 Å². The number of nitrogens with one attached hydrogen (secondary N) is 1. The molecule has 0 aliphatic rings. The van der Waals surface area contributed by atoms with Gasteiger partial charge in [-0.05, 0) is 37.6 Å². The summed E-state index contributed by atoms with van der Waals surface area (Å²) in [5.74, 6) is -1.42. The van der Waals surface area contributed by atoms with E-state index in [4.69, 9.17) is 9.47 Å². The molecule has 0 atom stereocenters. The number of nitrogens with zero attached hydrogens (tertiary/aromatic N) is 1. The molecule has 0 bridgehead atoms. The highest BCUT2D eigenvalue weighted by Gasteiger charge is 2.15. The fourth-order valence-corrected chi connectivity index (χ4v) is 2.22. The third-order valence-electron chi connectivity index (χ3n) is 3.05. The molecule has 0 fully saturated rings. The number of hydrogen-bond donors (Lipinski definition) is 1. The second kappa shape index (κ2) is 10.0. The molecule has 0 saturated carbocycles. The first-order valence-electron chi connectivity index (χ1n) is 7.36. The van der Waals surface area contributed by atoms with E-state index >= 15 is 0 Å². The van der Waals surface area contributed by atoms with Crippen molar-refractivity contribution in [2.24, 2.45) is 0 Å². The molecule has 1 N–H and O–H groups in total. The summed E-state index contributed by atoms with van der Waals surface area (Å²) in [4.78, 5) is 36.3. The second-order valence-electron chi connectivity index (χ2n) is 5.06. The van der Waals surface area contributed by atoms with Crippen LogP contribution in [-0.2, 0) is 23.9 Å². The van der Waals surface area contributed by atoms with E-state index in [1.165, 1.54) is 11.9 Å². The molecule has 1 rings (SSSR count). The van der Waals surface area contributed by atoms with Gasteiger partial charge >= 0.3 is 5.97 Å². The Balaban J connectivity index is 2.42. The molecule has 1 aromatic carbocycles. The molecular weight excluding hydrogens is 380 g/mol. The SMILES string of the molecule is CCOCC(=O)OCC(=O)N(C)CC(=O)Nc1ccc(Br)cc1C. The van der Waals surface area contributed by atoms with Crippen LogP contribution in [0.5, 0.6) is 0 Å². The lowest BCUT2D eigenvalue weighted by molar-refractivity contribution is -0.155.